The van der Waals surface area contributed by atoms with Gasteiger partial charge in [0, 0.05) is 87.0 Å². The molecule has 0 radical (unpaired) electrons. The molecule has 0 fully saturated rings. The van der Waals surface area contributed by atoms with Gasteiger partial charge < -0.3 is 65.1 Å². The van der Waals surface area contributed by atoms with Crippen LogP contribution >= 0.6 is 0 Å². The number of Topliss-reactive ketones (excluding diaryl/α,β-unsaturated/α-hetero) is 3. The summed E-state index contributed by atoms with van der Waals surface area (Å²) in [5.41, 5.74) is 28.4. The average molecular weight is 913 g/mol. The average Bonchev–Trinajstić information content (AvgIpc) is 3.64. The Kier molecular flexibility index (Phi) is 22.8. The Hall–Kier alpha value is -6.91. The number of aromatic nitrogens is 1. The van der Waals surface area contributed by atoms with E-state index in [9.17, 15) is 53.4 Å². The number of carbonyl (C=O) groups excluding carboxylic acids is 8. The van der Waals surface area contributed by atoms with Crippen molar-refractivity contribution in [3.8, 4) is 0 Å². The summed E-state index contributed by atoms with van der Waals surface area (Å²) in [5, 5.41) is 30.7. The van der Waals surface area contributed by atoms with Crippen LogP contribution in [0.1, 0.15) is 84.1 Å². The number of aliphatic imine (C=N–C) groups is 2. The number of benzene rings is 1. The van der Waals surface area contributed by atoms with Crippen molar-refractivity contribution in [2.24, 2.45) is 56.4 Å². The zero-order chi connectivity index (χ0) is 48.8. The minimum Gasteiger partial charge on any atom is -0.480 e. The lowest BCUT2D eigenvalue weighted by Gasteiger charge is -2.25. The number of aliphatic hydroxyl groups excluding tert-OH is 1. The van der Waals surface area contributed by atoms with Gasteiger partial charge in [-0.15, -0.1) is 0 Å². The Bertz CT molecular complexity index is 2060. The number of ketones is 3. The molecule has 0 saturated heterocycles. The van der Waals surface area contributed by atoms with Gasteiger partial charge in [0.25, 0.3) is 0 Å². The molecule has 0 aliphatic heterocycles. The van der Waals surface area contributed by atoms with Crippen LogP contribution in [0.5, 0.6) is 0 Å². The number of nitrogens with one attached hydrogen (secondary N) is 5. The highest BCUT2D eigenvalue weighted by molar-refractivity contribution is 5.97. The van der Waals surface area contributed by atoms with E-state index in [1.165, 1.54) is 20.8 Å². The number of carboxylic acids is 1. The number of carbonyl (C=O) groups is 9. The fourth-order valence-corrected chi connectivity index (χ4v) is 6.85. The van der Waals surface area contributed by atoms with E-state index >= 15 is 0 Å². The largest absolute Gasteiger partial charge is 0.480 e. The van der Waals surface area contributed by atoms with Gasteiger partial charge in [0.15, 0.2) is 29.3 Å². The molecule has 2 rings (SSSR count). The zero-order valence-corrected chi connectivity index (χ0v) is 37.0. The molecule has 23 heteroatoms. The first-order valence-corrected chi connectivity index (χ1v) is 21.2. The minimum atomic E-state index is -1.48. The van der Waals surface area contributed by atoms with Crippen molar-refractivity contribution < 1.29 is 53.4 Å². The van der Waals surface area contributed by atoms with Crippen molar-refractivity contribution in [2.45, 2.75) is 109 Å². The molecular weight excluding hydrogens is 849 g/mol. The predicted molar refractivity (Wildman–Crippen MR) is 239 cm³/mol. The second kappa shape index (κ2) is 27.3. The summed E-state index contributed by atoms with van der Waals surface area (Å²) in [6.07, 6.45) is 0.349. The number of aromatic amines is 1. The van der Waals surface area contributed by atoms with E-state index in [1.54, 1.807) is 12.3 Å². The number of nitrogens with zero attached hydrogens (tertiary/aromatic N) is 2. The van der Waals surface area contributed by atoms with Gasteiger partial charge in [0.2, 0.25) is 29.5 Å². The summed E-state index contributed by atoms with van der Waals surface area (Å²) in [5.74, 6) is -10.5. The first kappa shape index (κ1) is 54.2. The van der Waals surface area contributed by atoms with Gasteiger partial charge in [-0.25, -0.2) is 4.79 Å². The maximum atomic E-state index is 13.8. The molecule has 358 valence electrons. The summed E-state index contributed by atoms with van der Waals surface area (Å²) in [6, 6.07) is 2.16. The standard InChI is InChI=1S/C42H64N12O11/c1-22(38(62)54-32(21-55)34(58)17-23(2)37(61)53-31(40(64)65)18-26-20-50-28-9-5-4-8-27(26)28)16-33(57)30(11-7-15-49-42(46)47)52-39(63)25(12-13-36(43)60)19-35(59)29(51-24(3)56)10-6-14-48-41(44)45/h4-5,8-9,20,22-23,25,29-32,50,55H,6-7,10-19,21H2,1-3H3,(H2,43,60)(H,51,56)(H,52,63)(H,53,61)(H,54,62)(H,64,65)(H4,44,45,48)(H4,46,47,49)/t22-,23-,25-,29+,30+,31+,32+/m1/s1. The Balaban J connectivity index is 2.15. The number of primary amides is 1. The molecule has 7 atom stereocenters. The van der Waals surface area contributed by atoms with Gasteiger partial charge in [-0.05, 0) is 43.7 Å². The zero-order valence-electron chi connectivity index (χ0n) is 37.0. The van der Waals surface area contributed by atoms with E-state index in [0.29, 0.717) is 12.0 Å². The number of amides is 5. The van der Waals surface area contributed by atoms with Crippen LogP contribution in [0.25, 0.3) is 10.9 Å². The molecule has 2 aromatic rings. The molecular formula is C42H64N12O11. The molecule has 65 heavy (non-hydrogen) atoms. The maximum absolute atomic E-state index is 13.8. The van der Waals surface area contributed by atoms with Gasteiger partial charge in [-0.3, -0.25) is 48.3 Å². The van der Waals surface area contributed by atoms with Crippen molar-refractivity contribution in [2.75, 3.05) is 19.7 Å². The molecule has 1 heterocycles. The fourth-order valence-electron chi connectivity index (χ4n) is 6.85. The second-order valence-electron chi connectivity index (χ2n) is 15.9. The van der Waals surface area contributed by atoms with Crippen LogP contribution in [0.4, 0.5) is 0 Å². The third-order valence-corrected chi connectivity index (χ3v) is 10.4. The van der Waals surface area contributed by atoms with Gasteiger partial charge >= 0.3 is 5.97 Å². The molecule has 1 aromatic heterocycles. The van der Waals surface area contributed by atoms with Crippen molar-refractivity contribution in [3.63, 3.8) is 0 Å². The number of hydrogen-bond acceptors (Lipinski definition) is 12. The maximum Gasteiger partial charge on any atom is 0.326 e. The van der Waals surface area contributed by atoms with Crippen LogP contribution < -0.4 is 49.9 Å². The molecule has 0 bridgehead atoms. The van der Waals surface area contributed by atoms with Crippen LogP contribution in [0.15, 0.2) is 40.4 Å². The van der Waals surface area contributed by atoms with Crippen LogP contribution in [-0.2, 0) is 49.6 Å². The van der Waals surface area contributed by atoms with E-state index in [4.69, 9.17) is 28.7 Å². The summed E-state index contributed by atoms with van der Waals surface area (Å²) in [6.45, 7) is 3.36. The molecule has 23 nitrogen and oxygen atoms in total. The number of nitrogens with two attached hydrogens (primary N) is 5. The summed E-state index contributed by atoms with van der Waals surface area (Å²) in [7, 11) is 0. The molecule has 0 spiro atoms. The van der Waals surface area contributed by atoms with Crippen molar-refractivity contribution in [1.82, 2.24) is 26.3 Å². The van der Waals surface area contributed by atoms with Gasteiger partial charge in [-0.1, -0.05) is 32.0 Å². The topological polar surface area (TPSA) is 413 Å². The van der Waals surface area contributed by atoms with Crippen LogP contribution in [-0.4, -0.2) is 124 Å². The van der Waals surface area contributed by atoms with E-state index in [1.807, 2.05) is 18.2 Å². The number of para-hydroxylation sites is 1. The van der Waals surface area contributed by atoms with Crippen molar-refractivity contribution >= 4 is 75.7 Å². The smallest absolute Gasteiger partial charge is 0.326 e. The van der Waals surface area contributed by atoms with Gasteiger partial charge in [0.05, 0.1) is 18.7 Å². The summed E-state index contributed by atoms with van der Waals surface area (Å²) >= 11 is 0. The molecule has 5 amide bonds. The lowest BCUT2D eigenvalue weighted by Crippen LogP contribution is -2.49. The molecule has 17 N–H and O–H groups in total. The van der Waals surface area contributed by atoms with Crippen LogP contribution in [0, 0.1) is 17.8 Å². The number of aliphatic carboxylic acids is 1. The van der Waals surface area contributed by atoms with Gasteiger partial charge in [0.1, 0.15) is 12.1 Å². The lowest BCUT2D eigenvalue weighted by atomic mass is 9.90. The lowest BCUT2D eigenvalue weighted by molar-refractivity contribution is -0.142. The van der Waals surface area contributed by atoms with Gasteiger partial charge in [-0.2, -0.15) is 0 Å². The normalized spacial score (nSPS) is 14.2. The Morgan fingerprint density at radius 3 is 1.66 bits per heavy atom. The Morgan fingerprint density at radius 1 is 0.662 bits per heavy atom. The number of aliphatic hydroxyl groups is 1. The summed E-state index contributed by atoms with van der Waals surface area (Å²) < 4.78 is 0. The number of H-pyrrole nitrogens is 1. The Morgan fingerprint density at radius 2 is 1.15 bits per heavy atom. The highest BCUT2D eigenvalue weighted by Gasteiger charge is 2.33. The van der Waals surface area contributed by atoms with E-state index in [-0.39, 0.29) is 63.5 Å². The van der Waals surface area contributed by atoms with E-state index in [0.717, 1.165) is 10.9 Å². The number of fused-ring (bicyclic) bond motifs is 1. The number of guanidine groups is 2. The number of hydrogen-bond donors (Lipinski definition) is 12. The van der Waals surface area contributed by atoms with Crippen LogP contribution in [0.3, 0.4) is 0 Å². The molecule has 1 aromatic carbocycles. The molecule has 0 saturated carbocycles. The van der Waals surface area contributed by atoms with Crippen LogP contribution in [0.2, 0.25) is 0 Å². The quantitative estimate of drug-likeness (QED) is 0.0219. The third-order valence-electron chi connectivity index (χ3n) is 10.4. The summed E-state index contributed by atoms with van der Waals surface area (Å²) in [4.78, 5) is 127. The van der Waals surface area contributed by atoms with Crippen molar-refractivity contribution in [3.05, 3.63) is 36.0 Å². The molecule has 0 aliphatic rings. The SMILES string of the molecule is CC(=O)N[C@@H](CCCN=C(N)N)C(=O)C[C@@H](CCC(N)=O)C(=O)N[C@@H](CCCN=C(N)N)C(=O)C[C@@H](C)C(=O)N[C@@H](CO)C(=O)C[C@@H](C)C(=O)N[C@@H](Cc1c[nH]c2ccccc12)C(=O)O. The first-order chi connectivity index (χ1) is 30.6. The highest BCUT2D eigenvalue weighted by atomic mass is 16.4. The van der Waals surface area contributed by atoms with E-state index in [2.05, 4.69) is 36.2 Å². The molecule has 0 unspecified atom stereocenters. The minimum absolute atomic E-state index is 0.0201. The molecule has 0 aliphatic carbocycles. The van der Waals surface area contributed by atoms with Crippen molar-refractivity contribution in [1.29, 1.82) is 0 Å². The number of rotatable bonds is 31. The third kappa shape index (κ3) is 19.6. The fraction of sp³-hybridized carbons (Fsp3) is 0.548. The second-order valence-corrected chi connectivity index (χ2v) is 15.9. The highest BCUT2D eigenvalue weighted by Crippen LogP contribution is 2.21. The number of carboxylic acid groups (broad SMARTS) is 1. The predicted octanol–water partition coefficient (Wildman–Crippen LogP) is -2.11. The Labute approximate surface area is 375 Å². The van der Waals surface area contributed by atoms with E-state index < -0.39 is 121 Å². The first-order valence-electron chi connectivity index (χ1n) is 21.2. The monoisotopic (exact) mass is 912 g/mol.